The van der Waals surface area contributed by atoms with Crippen molar-refractivity contribution < 1.29 is 4.79 Å². The SMILES string of the molecule is O=C(C1CC1)N1CC(c2cc[c]cc2)C1. The minimum atomic E-state index is 0.370. The molecule has 0 bridgehead atoms. The van der Waals surface area contributed by atoms with E-state index in [2.05, 4.69) is 18.2 Å². The summed E-state index contributed by atoms with van der Waals surface area (Å²) in [5, 5.41) is 0. The van der Waals surface area contributed by atoms with Crippen molar-refractivity contribution >= 4 is 5.91 Å². The molecule has 1 radical (unpaired) electrons. The van der Waals surface area contributed by atoms with Crippen molar-refractivity contribution in [3.8, 4) is 0 Å². The van der Waals surface area contributed by atoms with Gasteiger partial charge in [0.25, 0.3) is 0 Å². The highest BCUT2D eigenvalue weighted by atomic mass is 16.2. The number of carbonyl (C=O) groups excluding carboxylic acids is 1. The van der Waals surface area contributed by atoms with Crippen molar-refractivity contribution in [1.82, 2.24) is 4.90 Å². The summed E-state index contributed by atoms with van der Waals surface area (Å²) < 4.78 is 0. The van der Waals surface area contributed by atoms with Gasteiger partial charge in [-0.25, -0.2) is 0 Å². The van der Waals surface area contributed by atoms with E-state index in [9.17, 15) is 4.79 Å². The Balaban J connectivity index is 1.59. The number of nitrogens with zero attached hydrogens (tertiary/aromatic N) is 1. The van der Waals surface area contributed by atoms with Crippen molar-refractivity contribution in [1.29, 1.82) is 0 Å². The number of hydrogen-bond acceptors (Lipinski definition) is 1. The fourth-order valence-electron chi connectivity index (χ4n) is 2.13. The molecule has 3 rings (SSSR count). The molecular formula is C13H14NO. The lowest BCUT2D eigenvalue weighted by atomic mass is 9.91. The molecule has 0 aromatic heterocycles. The summed E-state index contributed by atoms with van der Waals surface area (Å²) >= 11 is 0. The summed E-state index contributed by atoms with van der Waals surface area (Å²) in [7, 11) is 0. The second kappa shape index (κ2) is 3.37. The molecule has 1 heterocycles. The average Bonchev–Trinajstić information content (AvgIpc) is 3.00. The molecule has 0 unspecified atom stereocenters. The first kappa shape index (κ1) is 8.96. The van der Waals surface area contributed by atoms with E-state index < -0.39 is 0 Å². The van der Waals surface area contributed by atoms with Crippen LogP contribution < -0.4 is 0 Å². The third-order valence-corrected chi connectivity index (χ3v) is 3.34. The van der Waals surface area contributed by atoms with Gasteiger partial charge in [-0.2, -0.15) is 0 Å². The second-order valence-corrected chi connectivity index (χ2v) is 4.55. The van der Waals surface area contributed by atoms with Gasteiger partial charge in [-0.05, 0) is 24.5 Å². The van der Waals surface area contributed by atoms with Crippen LogP contribution in [-0.2, 0) is 4.79 Å². The van der Waals surface area contributed by atoms with Gasteiger partial charge in [-0.15, -0.1) is 0 Å². The van der Waals surface area contributed by atoms with E-state index in [4.69, 9.17) is 0 Å². The van der Waals surface area contributed by atoms with Crippen LogP contribution in [0.25, 0.3) is 0 Å². The maximum atomic E-state index is 11.7. The van der Waals surface area contributed by atoms with Crippen LogP contribution in [-0.4, -0.2) is 23.9 Å². The van der Waals surface area contributed by atoms with Crippen LogP contribution in [0.15, 0.2) is 24.3 Å². The zero-order valence-electron chi connectivity index (χ0n) is 8.65. The first-order chi connectivity index (χ1) is 7.34. The minimum Gasteiger partial charge on any atom is -0.341 e. The molecule has 77 valence electrons. The van der Waals surface area contributed by atoms with Crippen LogP contribution >= 0.6 is 0 Å². The maximum absolute atomic E-state index is 11.7. The molecular weight excluding hydrogens is 186 g/mol. The average molecular weight is 200 g/mol. The molecule has 1 aromatic carbocycles. The summed E-state index contributed by atoms with van der Waals surface area (Å²) in [6.07, 6.45) is 2.22. The van der Waals surface area contributed by atoms with Gasteiger partial charge in [0.15, 0.2) is 0 Å². The predicted molar refractivity (Wildman–Crippen MR) is 57.3 cm³/mol. The topological polar surface area (TPSA) is 20.3 Å². The molecule has 1 aliphatic heterocycles. The molecule has 2 nitrogen and oxygen atoms in total. The first-order valence-corrected chi connectivity index (χ1v) is 5.59. The minimum absolute atomic E-state index is 0.370. The molecule has 1 saturated heterocycles. The van der Waals surface area contributed by atoms with E-state index in [-0.39, 0.29) is 0 Å². The van der Waals surface area contributed by atoms with Gasteiger partial charge in [0, 0.05) is 24.9 Å². The summed E-state index contributed by atoms with van der Waals surface area (Å²) in [4.78, 5) is 13.7. The van der Waals surface area contributed by atoms with Crippen LogP contribution in [0.1, 0.15) is 24.3 Å². The molecule has 0 spiro atoms. The van der Waals surface area contributed by atoms with Crippen LogP contribution in [0.4, 0.5) is 0 Å². The predicted octanol–water partition coefficient (Wildman–Crippen LogP) is 1.82. The van der Waals surface area contributed by atoms with E-state index in [1.165, 1.54) is 5.56 Å². The smallest absolute Gasteiger partial charge is 0.225 e. The first-order valence-electron chi connectivity index (χ1n) is 5.59. The molecule has 2 heteroatoms. The Kier molecular flexibility index (Phi) is 2.01. The van der Waals surface area contributed by atoms with Crippen molar-refractivity contribution in [2.45, 2.75) is 18.8 Å². The Morgan fingerprint density at radius 1 is 1.27 bits per heavy atom. The van der Waals surface area contributed by atoms with Crippen LogP contribution in [0, 0.1) is 12.0 Å². The standard InChI is InChI=1S/C13H14NO/c15-13(11-6-7-11)14-8-12(9-14)10-4-2-1-3-5-10/h2-5,11-12H,6-9H2. The van der Waals surface area contributed by atoms with E-state index >= 15 is 0 Å². The van der Waals surface area contributed by atoms with Crippen molar-refractivity contribution in [3.63, 3.8) is 0 Å². The summed E-state index contributed by atoms with van der Waals surface area (Å²) in [5.74, 6) is 1.31. The molecule has 1 saturated carbocycles. The Labute approximate surface area is 89.9 Å². The summed E-state index contributed by atoms with van der Waals surface area (Å²) in [6, 6.07) is 11.1. The molecule has 1 aliphatic carbocycles. The zero-order valence-corrected chi connectivity index (χ0v) is 8.65. The lowest BCUT2D eigenvalue weighted by molar-refractivity contribution is -0.137. The molecule has 0 atom stereocenters. The summed E-state index contributed by atoms with van der Waals surface area (Å²) in [6.45, 7) is 1.83. The van der Waals surface area contributed by atoms with Gasteiger partial charge in [-0.3, -0.25) is 4.79 Å². The number of amides is 1. The Hall–Kier alpha value is -1.31. The normalized spacial score (nSPS) is 21.2. The fourth-order valence-corrected chi connectivity index (χ4v) is 2.13. The highest BCUT2D eigenvalue weighted by Gasteiger charge is 2.39. The third kappa shape index (κ3) is 1.65. The third-order valence-electron chi connectivity index (χ3n) is 3.34. The van der Waals surface area contributed by atoms with Crippen LogP contribution in [0.2, 0.25) is 0 Å². The number of hydrogen-bond donors (Lipinski definition) is 0. The molecule has 1 amide bonds. The highest BCUT2D eigenvalue weighted by Crippen LogP contribution is 2.35. The highest BCUT2D eigenvalue weighted by molar-refractivity contribution is 5.82. The number of benzene rings is 1. The van der Waals surface area contributed by atoms with E-state index in [1.54, 1.807) is 0 Å². The zero-order chi connectivity index (χ0) is 10.3. The van der Waals surface area contributed by atoms with Crippen molar-refractivity contribution in [2.24, 2.45) is 5.92 Å². The molecule has 1 aromatic rings. The quantitative estimate of drug-likeness (QED) is 0.713. The largest absolute Gasteiger partial charge is 0.341 e. The van der Waals surface area contributed by atoms with E-state index in [1.807, 2.05) is 17.0 Å². The fraction of sp³-hybridized carbons (Fsp3) is 0.462. The monoisotopic (exact) mass is 200 g/mol. The van der Waals surface area contributed by atoms with Gasteiger partial charge < -0.3 is 4.90 Å². The second-order valence-electron chi connectivity index (χ2n) is 4.55. The van der Waals surface area contributed by atoms with E-state index in [0.717, 1.165) is 25.9 Å². The van der Waals surface area contributed by atoms with Gasteiger partial charge in [0.2, 0.25) is 5.91 Å². The van der Waals surface area contributed by atoms with Crippen molar-refractivity contribution in [3.05, 3.63) is 35.9 Å². The number of carbonyl (C=O) groups is 1. The van der Waals surface area contributed by atoms with Gasteiger partial charge in [-0.1, -0.05) is 24.3 Å². The maximum Gasteiger partial charge on any atom is 0.225 e. The Bertz CT molecular complexity index is 363. The van der Waals surface area contributed by atoms with Crippen molar-refractivity contribution in [2.75, 3.05) is 13.1 Å². The van der Waals surface area contributed by atoms with Crippen LogP contribution in [0.5, 0.6) is 0 Å². The van der Waals surface area contributed by atoms with E-state index in [0.29, 0.717) is 17.7 Å². The molecule has 2 aliphatic rings. The van der Waals surface area contributed by atoms with Crippen LogP contribution in [0.3, 0.4) is 0 Å². The lowest BCUT2D eigenvalue weighted by Crippen LogP contribution is -2.49. The Morgan fingerprint density at radius 3 is 2.53 bits per heavy atom. The van der Waals surface area contributed by atoms with Gasteiger partial charge >= 0.3 is 0 Å². The molecule has 15 heavy (non-hydrogen) atoms. The number of rotatable bonds is 2. The summed E-state index contributed by atoms with van der Waals surface area (Å²) in [5.41, 5.74) is 1.34. The number of likely N-dealkylation sites (tertiary alicyclic amines) is 1. The lowest BCUT2D eigenvalue weighted by Gasteiger charge is -2.39. The van der Waals surface area contributed by atoms with Gasteiger partial charge in [0.05, 0.1) is 0 Å². The molecule has 0 N–H and O–H groups in total. The Morgan fingerprint density at radius 2 is 1.93 bits per heavy atom. The molecule has 2 fully saturated rings. The van der Waals surface area contributed by atoms with Gasteiger partial charge in [0.1, 0.15) is 0 Å².